The first-order valence-electron chi connectivity index (χ1n) is 6.58. The minimum absolute atomic E-state index is 0.0258. The number of nitrogens with zero attached hydrogens (tertiary/aromatic N) is 1. The molecule has 1 aromatic rings. The summed E-state index contributed by atoms with van der Waals surface area (Å²) in [6.07, 6.45) is 0.575. The summed E-state index contributed by atoms with van der Waals surface area (Å²) in [7, 11) is -3.11. The van der Waals surface area contributed by atoms with Crippen LogP contribution in [0.1, 0.15) is 18.9 Å². The van der Waals surface area contributed by atoms with Crippen LogP contribution in [-0.4, -0.2) is 44.1 Å². The molecule has 0 saturated heterocycles. The second-order valence-corrected chi connectivity index (χ2v) is 7.11. The molecule has 0 aliphatic carbocycles. The highest BCUT2D eigenvalue weighted by Crippen LogP contribution is 2.15. The number of anilines is 1. The summed E-state index contributed by atoms with van der Waals surface area (Å²) in [5, 5.41) is 8.94. The quantitative estimate of drug-likeness (QED) is 0.791. The van der Waals surface area contributed by atoms with Crippen LogP contribution in [0.3, 0.4) is 0 Å². The second-order valence-electron chi connectivity index (χ2n) is 4.80. The van der Waals surface area contributed by atoms with Crippen molar-refractivity contribution < 1.29 is 18.3 Å². The molecular formula is C14H21NO4S. The van der Waals surface area contributed by atoms with E-state index >= 15 is 0 Å². The summed E-state index contributed by atoms with van der Waals surface area (Å²) < 4.78 is 23.5. The minimum atomic E-state index is -3.11. The van der Waals surface area contributed by atoms with Crippen LogP contribution in [-0.2, 0) is 14.6 Å². The van der Waals surface area contributed by atoms with Gasteiger partial charge < -0.3 is 10.0 Å². The highest BCUT2D eigenvalue weighted by Gasteiger charge is 2.15. The Morgan fingerprint density at radius 3 is 2.30 bits per heavy atom. The van der Waals surface area contributed by atoms with Crippen molar-refractivity contribution in [2.24, 2.45) is 0 Å². The van der Waals surface area contributed by atoms with Crippen molar-refractivity contribution in [3.63, 3.8) is 0 Å². The lowest BCUT2D eigenvalue weighted by Crippen LogP contribution is -2.34. The Kier molecular flexibility index (Phi) is 6.01. The number of hydrogen-bond donors (Lipinski definition) is 1. The van der Waals surface area contributed by atoms with E-state index in [1.54, 1.807) is 4.90 Å². The summed E-state index contributed by atoms with van der Waals surface area (Å²) in [6.45, 7) is 3.74. The number of rotatable bonds is 8. The molecule has 0 radical (unpaired) electrons. The Morgan fingerprint density at radius 1 is 1.20 bits per heavy atom. The molecule has 0 aliphatic rings. The van der Waals surface area contributed by atoms with E-state index in [0.29, 0.717) is 6.42 Å². The highest BCUT2D eigenvalue weighted by molar-refractivity contribution is 7.91. The minimum Gasteiger partial charge on any atom is -0.480 e. The van der Waals surface area contributed by atoms with Gasteiger partial charge in [-0.3, -0.25) is 4.79 Å². The monoisotopic (exact) mass is 299 g/mol. The zero-order chi connectivity index (χ0) is 15.2. The molecular weight excluding hydrogens is 278 g/mol. The molecule has 0 fully saturated rings. The molecule has 20 heavy (non-hydrogen) atoms. The van der Waals surface area contributed by atoms with Gasteiger partial charge in [0.05, 0.1) is 5.75 Å². The Labute approximate surface area is 120 Å². The van der Waals surface area contributed by atoms with E-state index < -0.39 is 15.8 Å². The number of sulfone groups is 1. The third-order valence-corrected chi connectivity index (χ3v) is 4.75. The molecule has 0 spiro atoms. The molecule has 6 heteroatoms. The summed E-state index contributed by atoms with van der Waals surface area (Å²) in [4.78, 5) is 12.5. The summed E-state index contributed by atoms with van der Waals surface area (Å²) in [5.41, 5.74) is 1.80. The van der Waals surface area contributed by atoms with Gasteiger partial charge in [-0.05, 0) is 25.5 Å². The van der Waals surface area contributed by atoms with Crippen molar-refractivity contribution in [3.8, 4) is 0 Å². The van der Waals surface area contributed by atoms with E-state index in [1.807, 2.05) is 38.1 Å². The smallest absolute Gasteiger partial charge is 0.323 e. The number of aryl methyl sites for hydroxylation is 1. The molecule has 0 saturated carbocycles. The summed E-state index contributed by atoms with van der Waals surface area (Å²) in [6, 6.07) is 7.38. The van der Waals surface area contributed by atoms with Gasteiger partial charge in [-0.2, -0.15) is 0 Å². The Morgan fingerprint density at radius 2 is 1.80 bits per heavy atom. The van der Waals surface area contributed by atoms with Crippen molar-refractivity contribution in [1.29, 1.82) is 0 Å². The van der Waals surface area contributed by atoms with Gasteiger partial charge in [-0.1, -0.05) is 24.6 Å². The molecule has 112 valence electrons. The molecule has 0 heterocycles. The molecule has 0 aromatic heterocycles. The van der Waals surface area contributed by atoms with Gasteiger partial charge >= 0.3 is 5.97 Å². The average Bonchev–Trinajstić information content (AvgIpc) is 2.35. The van der Waals surface area contributed by atoms with E-state index in [-0.39, 0.29) is 24.6 Å². The topological polar surface area (TPSA) is 74.7 Å². The standard InChI is InChI=1S/C14H21NO4S/c1-3-9-20(18,19)10-8-15(11-14(16)17)13-6-4-12(2)5-7-13/h4-7H,3,8-11H2,1-2H3,(H,16,17). The molecule has 1 N–H and O–H groups in total. The van der Waals surface area contributed by atoms with E-state index in [9.17, 15) is 13.2 Å². The number of carboxylic acid groups (broad SMARTS) is 1. The second kappa shape index (κ2) is 7.28. The molecule has 1 aromatic carbocycles. The predicted octanol–water partition coefficient (Wildman–Crippen LogP) is 1.71. The van der Waals surface area contributed by atoms with E-state index in [0.717, 1.165) is 11.3 Å². The maximum atomic E-state index is 11.7. The number of carbonyl (C=O) groups is 1. The average molecular weight is 299 g/mol. The molecule has 0 atom stereocenters. The summed E-state index contributed by atoms with van der Waals surface area (Å²) in [5.74, 6) is -0.859. The molecule has 0 aliphatic heterocycles. The van der Waals surface area contributed by atoms with Crippen LogP contribution in [0.15, 0.2) is 24.3 Å². The highest BCUT2D eigenvalue weighted by atomic mass is 32.2. The maximum absolute atomic E-state index is 11.7. The third-order valence-electron chi connectivity index (χ3n) is 2.91. The first-order valence-corrected chi connectivity index (χ1v) is 8.40. The molecule has 0 bridgehead atoms. The normalized spacial score (nSPS) is 11.3. The van der Waals surface area contributed by atoms with Crippen LogP contribution in [0.4, 0.5) is 5.69 Å². The molecule has 0 amide bonds. The van der Waals surface area contributed by atoms with Crippen molar-refractivity contribution in [3.05, 3.63) is 29.8 Å². The van der Waals surface area contributed by atoms with Crippen molar-refractivity contribution in [1.82, 2.24) is 0 Å². The lowest BCUT2D eigenvalue weighted by Gasteiger charge is -2.23. The van der Waals surface area contributed by atoms with Gasteiger partial charge in [-0.15, -0.1) is 0 Å². The van der Waals surface area contributed by atoms with E-state index in [4.69, 9.17) is 5.11 Å². The van der Waals surface area contributed by atoms with Crippen LogP contribution < -0.4 is 4.90 Å². The van der Waals surface area contributed by atoms with E-state index in [2.05, 4.69) is 0 Å². The van der Waals surface area contributed by atoms with Gasteiger partial charge in [-0.25, -0.2) is 8.42 Å². The van der Waals surface area contributed by atoms with Crippen LogP contribution in [0.2, 0.25) is 0 Å². The Balaban J connectivity index is 2.80. The van der Waals surface area contributed by atoms with Crippen LogP contribution >= 0.6 is 0 Å². The molecule has 0 unspecified atom stereocenters. The largest absolute Gasteiger partial charge is 0.480 e. The van der Waals surface area contributed by atoms with Crippen LogP contribution in [0.25, 0.3) is 0 Å². The fourth-order valence-corrected chi connectivity index (χ4v) is 3.21. The lowest BCUT2D eigenvalue weighted by atomic mass is 10.2. The fraction of sp³-hybridized carbons (Fsp3) is 0.500. The van der Waals surface area contributed by atoms with Crippen LogP contribution in [0, 0.1) is 6.92 Å². The SMILES string of the molecule is CCCS(=O)(=O)CCN(CC(=O)O)c1ccc(C)cc1. The maximum Gasteiger partial charge on any atom is 0.323 e. The first-order chi connectivity index (χ1) is 9.34. The Hall–Kier alpha value is -1.56. The van der Waals surface area contributed by atoms with Crippen molar-refractivity contribution in [2.45, 2.75) is 20.3 Å². The van der Waals surface area contributed by atoms with Crippen LogP contribution in [0.5, 0.6) is 0 Å². The fourth-order valence-electron chi connectivity index (χ4n) is 1.88. The van der Waals surface area contributed by atoms with Gasteiger partial charge in [0.25, 0.3) is 0 Å². The van der Waals surface area contributed by atoms with Gasteiger partial charge in [0.1, 0.15) is 6.54 Å². The predicted molar refractivity (Wildman–Crippen MR) is 80.0 cm³/mol. The van der Waals surface area contributed by atoms with Gasteiger partial charge in [0.15, 0.2) is 9.84 Å². The number of hydrogen-bond acceptors (Lipinski definition) is 4. The van der Waals surface area contributed by atoms with Crippen molar-refractivity contribution >= 4 is 21.5 Å². The number of benzene rings is 1. The zero-order valence-electron chi connectivity index (χ0n) is 11.9. The first kappa shape index (κ1) is 16.5. The van der Waals surface area contributed by atoms with Gasteiger partial charge in [0, 0.05) is 18.0 Å². The van der Waals surface area contributed by atoms with Gasteiger partial charge in [0.2, 0.25) is 0 Å². The van der Waals surface area contributed by atoms with Crippen molar-refractivity contribution in [2.75, 3.05) is 29.5 Å². The molecule has 1 rings (SSSR count). The number of carboxylic acids is 1. The Bertz CT molecular complexity index is 537. The zero-order valence-corrected chi connectivity index (χ0v) is 12.7. The van der Waals surface area contributed by atoms with E-state index in [1.165, 1.54) is 0 Å². The molecule has 5 nitrogen and oxygen atoms in total. The third kappa shape index (κ3) is 5.61. The number of aliphatic carboxylic acids is 1. The summed E-state index contributed by atoms with van der Waals surface area (Å²) >= 11 is 0. The lowest BCUT2D eigenvalue weighted by molar-refractivity contribution is -0.135.